The first kappa shape index (κ1) is 15.6. The molecule has 0 aliphatic carbocycles. The van der Waals surface area contributed by atoms with Crippen LogP contribution < -0.4 is 0 Å². The van der Waals surface area contributed by atoms with Crippen molar-refractivity contribution in [3.63, 3.8) is 0 Å². The van der Waals surface area contributed by atoms with E-state index < -0.39 is 6.10 Å². The zero-order chi connectivity index (χ0) is 15.2. The van der Waals surface area contributed by atoms with E-state index in [-0.39, 0.29) is 11.7 Å². The molecule has 2 unspecified atom stereocenters. The highest BCUT2D eigenvalue weighted by atomic mass is 19.1. The van der Waals surface area contributed by atoms with Gasteiger partial charge in [0.05, 0.1) is 18.0 Å². The number of rotatable bonds is 6. The van der Waals surface area contributed by atoms with Gasteiger partial charge in [0.25, 0.3) is 0 Å². The van der Waals surface area contributed by atoms with Gasteiger partial charge >= 0.3 is 0 Å². The summed E-state index contributed by atoms with van der Waals surface area (Å²) < 4.78 is 12.9. The Hall–Kier alpha value is -1.78. The van der Waals surface area contributed by atoms with E-state index >= 15 is 0 Å². The predicted octanol–water partition coefficient (Wildman–Crippen LogP) is 3.02. The number of aliphatic hydroxyl groups is 1. The van der Waals surface area contributed by atoms with Crippen LogP contribution in [0.25, 0.3) is 0 Å². The SMILES string of the molecule is CC(CN(C)Cc1ccccc1)C(O)c1ccc(F)cn1. The molecule has 0 amide bonds. The van der Waals surface area contributed by atoms with E-state index in [2.05, 4.69) is 22.0 Å². The second kappa shape index (κ2) is 7.29. The van der Waals surface area contributed by atoms with E-state index in [1.54, 1.807) is 0 Å². The third-order valence-electron chi connectivity index (χ3n) is 3.49. The van der Waals surface area contributed by atoms with Gasteiger partial charge in [-0.25, -0.2) is 4.39 Å². The van der Waals surface area contributed by atoms with Crippen molar-refractivity contribution in [1.29, 1.82) is 0 Å². The molecule has 0 saturated heterocycles. The fourth-order valence-corrected chi connectivity index (χ4v) is 2.40. The van der Waals surface area contributed by atoms with Gasteiger partial charge in [0.15, 0.2) is 0 Å². The summed E-state index contributed by atoms with van der Waals surface area (Å²) in [4.78, 5) is 6.11. The van der Waals surface area contributed by atoms with Crippen LogP contribution in [0, 0.1) is 11.7 Å². The molecule has 3 nitrogen and oxygen atoms in total. The Bertz CT molecular complexity index is 544. The van der Waals surface area contributed by atoms with E-state index in [0.29, 0.717) is 5.69 Å². The molecule has 0 fully saturated rings. The van der Waals surface area contributed by atoms with Gasteiger partial charge in [0, 0.05) is 19.0 Å². The maximum atomic E-state index is 12.9. The largest absolute Gasteiger partial charge is 0.386 e. The van der Waals surface area contributed by atoms with Crippen molar-refractivity contribution in [2.45, 2.75) is 19.6 Å². The Kier molecular flexibility index (Phi) is 5.42. The third kappa shape index (κ3) is 4.62. The second-order valence-electron chi connectivity index (χ2n) is 5.51. The van der Waals surface area contributed by atoms with Crippen LogP contribution in [0.3, 0.4) is 0 Å². The summed E-state index contributed by atoms with van der Waals surface area (Å²) in [5.41, 5.74) is 1.75. The Labute approximate surface area is 125 Å². The summed E-state index contributed by atoms with van der Waals surface area (Å²) in [6, 6.07) is 13.1. The first-order valence-electron chi connectivity index (χ1n) is 7.08. The molecule has 1 aromatic heterocycles. The van der Waals surface area contributed by atoms with E-state index in [4.69, 9.17) is 0 Å². The quantitative estimate of drug-likeness (QED) is 0.887. The van der Waals surface area contributed by atoms with Gasteiger partial charge in [-0.15, -0.1) is 0 Å². The normalized spacial score (nSPS) is 14.1. The van der Waals surface area contributed by atoms with Crippen LogP contribution in [0.1, 0.15) is 24.3 Å². The molecule has 1 N–H and O–H groups in total. The Morgan fingerprint density at radius 1 is 1.19 bits per heavy atom. The van der Waals surface area contributed by atoms with Crippen molar-refractivity contribution in [2.24, 2.45) is 5.92 Å². The number of nitrogens with zero attached hydrogens (tertiary/aromatic N) is 2. The topological polar surface area (TPSA) is 36.4 Å². The number of hydrogen-bond acceptors (Lipinski definition) is 3. The zero-order valence-electron chi connectivity index (χ0n) is 12.4. The third-order valence-corrected chi connectivity index (χ3v) is 3.49. The highest BCUT2D eigenvalue weighted by Gasteiger charge is 2.19. The molecule has 0 spiro atoms. The minimum absolute atomic E-state index is 0.0108. The molecule has 0 saturated carbocycles. The number of aliphatic hydroxyl groups excluding tert-OH is 1. The number of pyridine rings is 1. The van der Waals surface area contributed by atoms with Crippen molar-refractivity contribution in [3.05, 3.63) is 65.7 Å². The molecule has 4 heteroatoms. The molecule has 112 valence electrons. The Balaban J connectivity index is 1.91. The number of aromatic nitrogens is 1. The van der Waals surface area contributed by atoms with Gasteiger partial charge in [-0.1, -0.05) is 37.3 Å². The summed E-state index contributed by atoms with van der Waals surface area (Å²) in [6.45, 7) is 3.53. The van der Waals surface area contributed by atoms with Crippen molar-refractivity contribution >= 4 is 0 Å². The molecular formula is C17H21FN2O. The van der Waals surface area contributed by atoms with Crippen molar-refractivity contribution in [1.82, 2.24) is 9.88 Å². The van der Waals surface area contributed by atoms with E-state index in [1.165, 1.54) is 17.7 Å². The molecule has 0 aliphatic heterocycles. The highest BCUT2D eigenvalue weighted by Crippen LogP contribution is 2.21. The minimum atomic E-state index is -0.691. The van der Waals surface area contributed by atoms with Gasteiger partial charge < -0.3 is 10.0 Å². The van der Waals surface area contributed by atoms with Gasteiger partial charge in [-0.2, -0.15) is 0 Å². The maximum Gasteiger partial charge on any atom is 0.141 e. The van der Waals surface area contributed by atoms with Gasteiger partial charge in [-0.3, -0.25) is 4.98 Å². The molecule has 0 bridgehead atoms. The molecule has 1 heterocycles. The highest BCUT2D eigenvalue weighted by molar-refractivity contribution is 5.14. The molecule has 2 rings (SSSR count). The predicted molar refractivity (Wildman–Crippen MR) is 81.1 cm³/mol. The lowest BCUT2D eigenvalue weighted by Crippen LogP contribution is -2.27. The lowest BCUT2D eigenvalue weighted by molar-refractivity contribution is 0.0896. The average Bonchev–Trinajstić information content (AvgIpc) is 2.48. The first-order valence-corrected chi connectivity index (χ1v) is 7.08. The molecule has 1 aromatic carbocycles. The number of hydrogen-bond donors (Lipinski definition) is 1. The van der Waals surface area contributed by atoms with Crippen LogP contribution in [0.4, 0.5) is 4.39 Å². The van der Waals surface area contributed by atoms with Crippen LogP contribution in [0.15, 0.2) is 48.7 Å². The van der Waals surface area contributed by atoms with Crippen LogP contribution >= 0.6 is 0 Å². The molecule has 21 heavy (non-hydrogen) atoms. The molecular weight excluding hydrogens is 267 g/mol. The summed E-state index contributed by atoms with van der Waals surface area (Å²) >= 11 is 0. The lowest BCUT2D eigenvalue weighted by atomic mass is 10.0. The van der Waals surface area contributed by atoms with Crippen molar-refractivity contribution in [2.75, 3.05) is 13.6 Å². The Morgan fingerprint density at radius 3 is 2.52 bits per heavy atom. The number of halogens is 1. The molecule has 0 radical (unpaired) electrons. The van der Waals surface area contributed by atoms with E-state index in [0.717, 1.165) is 19.3 Å². The summed E-state index contributed by atoms with van der Waals surface area (Å²) in [5, 5.41) is 10.3. The standard InChI is InChI=1S/C17H21FN2O/c1-13(17(21)16-9-8-15(18)10-19-16)11-20(2)12-14-6-4-3-5-7-14/h3-10,13,17,21H,11-12H2,1-2H3. The summed E-state index contributed by atoms with van der Waals surface area (Å²) in [7, 11) is 2.02. The van der Waals surface area contributed by atoms with Gasteiger partial charge in [0.2, 0.25) is 0 Å². The van der Waals surface area contributed by atoms with Crippen molar-refractivity contribution in [3.8, 4) is 0 Å². The summed E-state index contributed by atoms with van der Waals surface area (Å²) in [5.74, 6) is -0.378. The first-order chi connectivity index (χ1) is 10.1. The van der Waals surface area contributed by atoms with E-state index in [9.17, 15) is 9.50 Å². The van der Waals surface area contributed by atoms with Crippen LogP contribution in [0.2, 0.25) is 0 Å². The summed E-state index contributed by atoms with van der Waals surface area (Å²) in [6.07, 6.45) is 0.447. The smallest absolute Gasteiger partial charge is 0.141 e. The second-order valence-corrected chi connectivity index (χ2v) is 5.51. The lowest BCUT2D eigenvalue weighted by Gasteiger charge is -2.24. The fraction of sp³-hybridized carbons (Fsp3) is 0.353. The Morgan fingerprint density at radius 2 is 1.90 bits per heavy atom. The van der Waals surface area contributed by atoms with Gasteiger partial charge in [-0.05, 0) is 24.7 Å². The van der Waals surface area contributed by atoms with Gasteiger partial charge in [0.1, 0.15) is 5.82 Å². The fourth-order valence-electron chi connectivity index (χ4n) is 2.40. The number of benzene rings is 1. The zero-order valence-corrected chi connectivity index (χ0v) is 12.4. The maximum absolute atomic E-state index is 12.9. The monoisotopic (exact) mass is 288 g/mol. The minimum Gasteiger partial charge on any atom is -0.386 e. The molecule has 0 aliphatic rings. The van der Waals surface area contributed by atoms with Crippen LogP contribution in [0.5, 0.6) is 0 Å². The molecule has 2 atom stereocenters. The van der Waals surface area contributed by atoms with E-state index in [1.807, 2.05) is 32.2 Å². The molecule has 2 aromatic rings. The van der Waals surface area contributed by atoms with Crippen molar-refractivity contribution < 1.29 is 9.50 Å². The average molecular weight is 288 g/mol. The van der Waals surface area contributed by atoms with Crippen LogP contribution in [-0.4, -0.2) is 28.6 Å². The van der Waals surface area contributed by atoms with Crippen LogP contribution in [-0.2, 0) is 6.54 Å².